The van der Waals surface area contributed by atoms with Crippen molar-refractivity contribution in [2.24, 2.45) is 0 Å². The Kier molecular flexibility index (Phi) is 5.88. The number of sulfonamides is 1. The van der Waals surface area contributed by atoms with Crippen LogP contribution in [0.2, 0.25) is 0 Å². The third kappa shape index (κ3) is 4.38. The van der Waals surface area contributed by atoms with Gasteiger partial charge in [-0.3, -0.25) is 0 Å². The van der Waals surface area contributed by atoms with Gasteiger partial charge in [0.25, 0.3) is 0 Å². The van der Waals surface area contributed by atoms with E-state index >= 15 is 0 Å². The summed E-state index contributed by atoms with van der Waals surface area (Å²) in [6.07, 6.45) is 0. The summed E-state index contributed by atoms with van der Waals surface area (Å²) >= 11 is 0. The summed E-state index contributed by atoms with van der Waals surface area (Å²) in [6.45, 7) is 3.52. The molecule has 7 nitrogen and oxygen atoms in total. The van der Waals surface area contributed by atoms with Crippen LogP contribution in [0.15, 0.2) is 59.5 Å². The first-order chi connectivity index (χ1) is 14.9. The summed E-state index contributed by atoms with van der Waals surface area (Å²) in [7, 11) is -2.20. The maximum atomic E-state index is 13.2. The molecule has 1 fully saturated rings. The van der Waals surface area contributed by atoms with Crippen LogP contribution in [0.4, 0.5) is 10.2 Å². The van der Waals surface area contributed by atoms with Gasteiger partial charge in [0, 0.05) is 31.7 Å². The van der Waals surface area contributed by atoms with Crippen LogP contribution in [0.25, 0.3) is 11.3 Å². The Balaban J connectivity index is 1.46. The molecule has 0 saturated carbocycles. The SMILES string of the molecule is COc1ccc(C)cc1S(=O)(=O)N1CCN(c2ccc(-c3ccc(F)cc3)nn2)CC1. The molecule has 0 radical (unpaired) electrons. The van der Waals surface area contributed by atoms with Crippen molar-refractivity contribution in [1.82, 2.24) is 14.5 Å². The van der Waals surface area contributed by atoms with E-state index in [9.17, 15) is 12.8 Å². The molecular weight excluding hydrogens is 419 g/mol. The summed E-state index contributed by atoms with van der Waals surface area (Å²) < 4.78 is 46.2. The molecule has 3 aromatic rings. The zero-order chi connectivity index (χ0) is 22.0. The van der Waals surface area contributed by atoms with Gasteiger partial charge in [0.15, 0.2) is 5.82 Å². The number of hydrogen-bond acceptors (Lipinski definition) is 6. The van der Waals surface area contributed by atoms with E-state index in [-0.39, 0.29) is 10.7 Å². The number of rotatable bonds is 5. The lowest BCUT2D eigenvalue weighted by molar-refractivity contribution is 0.373. The van der Waals surface area contributed by atoms with Gasteiger partial charge in [-0.15, -0.1) is 10.2 Å². The number of halogens is 1. The van der Waals surface area contributed by atoms with Gasteiger partial charge in [-0.05, 0) is 61.0 Å². The molecule has 0 unspecified atom stereocenters. The highest BCUT2D eigenvalue weighted by atomic mass is 32.2. The molecule has 0 N–H and O–H groups in total. The van der Waals surface area contributed by atoms with Crippen molar-refractivity contribution < 1.29 is 17.5 Å². The average Bonchev–Trinajstić information content (AvgIpc) is 2.80. The smallest absolute Gasteiger partial charge is 0.246 e. The molecule has 162 valence electrons. The lowest BCUT2D eigenvalue weighted by Crippen LogP contribution is -2.49. The van der Waals surface area contributed by atoms with Gasteiger partial charge in [-0.1, -0.05) is 6.07 Å². The van der Waals surface area contributed by atoms with Gasteiger partial charge >= 0.3 is 0 Å². The fourth-order valence-corrected chi connectivity index (χ4v) is 5.21. The fraction of sp³-hybridized carbons (Fsp3) is 0.273. The van der Waals surface area contributed by atoms with Gasteiger partial charge in [-0.25, -0.2) is 12.8 Å². The molecule has 1 aliphatic heterocycles. The largest absolute Gasteiger partial charge is 0.495 e. The molecule has 2 aromatic carbocycles. The average molecular weight is 443 g/mol. The topological polar surface area (TPSA) is 75.6 Å². The molecule has 0 amide bonds. The maximum absolute atomic E-state index is 13.2. The number of nitrogens with zero attached hydrogens (tertiary/aromatic N) is 4. The number of methoxy groups -OCH3 is 1. The minimum atomic E-state index is -3.66. The van der Waals surface area contributed by atoms with Crippen LogP contribution in [0, 0.1) is 12.7 Å². The molecule has 0 bridgehead atoms. The van der Waals surface area contributed by atoms with Crippen molar-refractivity contribution in [2.45, 2.75) is 11.8 Å². The Morgan fingerprint density at radius 1 is 0.935 bits per heavy atom. The molecule has 0 spiro atoms. The molecular formula is C22H23FN4O3S. The van der Waals surface area contributed by atoms with E-state index < -0.39 is 10.0 Å². The number of ether oxygens (including phenoxy) is 1. The summed E-state index contributed by atoms with van der Waals surface area (Å²) in [4.78, 5) is 2.19. The monoisotopic (exact) mass is 442 g/mol. The first kappa shape index (κ1) is 21.2. The van der Waals surface area contributed by atoms with Crippen LogP contribution in [0.1, 0.15) is 5.56 Å². The van der Waals surface area contributed by atoms with Crippen LogP contribution in [0.5, 0.6) is 5.75 Å². The zero-order valence-electron chi connectivity index (χ0n) is 17.3. The predicted molar refractivity (Wildman–Crippen MR) is 116 cm³/mol. The van der Waals surface area contributed by atoms with Crippen LogP contribution < -0.4 is 9.64 Å². The van der Waals surface area contributed by atoms with E-state index in [0.29, 0.717) is 43.4 Å². The number of benzene rings is 2. The van der Waals surface area contributed by atoms with Gasteiger partial charge in [0.1, 0.15) is 16.5 Å². The number of aromatic nitrogens is 2. The first-order valence-corrected chi connectivity index (χ1v) is 11.3. The third-order valence-electron chi connectivity index (χ3n) is 5.29. The quantitative estimate of drug-likeness (QED) is 0.604. The van der Waals surface area contributed by atoms with E-state index in [1.807, 2.05) is 30.0 Å². The maximum Gasteiger partial charge on any atom is 0.246 e. The fourth-order valence-electron chi connectivity index (χ4n) is 3.55. The molecule has 1 saturated heterocycles. The summed E-state index contributed by atoms with van der Waals surface area (Å²) in [5, 5.41) is 8.52. The molecule has 1 aliphatic rings. The molecule has 2 heterocycles. The number of piperazine rings is 1. The Morgan fingerprint density at radius 2 is 1.65 bits per heavy atom. The lowest BCUT2D eigenvalue weighted by atomic mass is 10.1. The van der Waals surface area contributed by atoms with Gasteiger partial charge in [-0.2, -0.15) is 4.31 Å². The van der Waals surface area contributed by atoms with Gasteiger partial charge in [0.2, 0.25) is 10.0 Å². The van der Waals surface area contributed by atoms with Crippen LogP contribution in [-0.2, 0) is 10.0 Å². The summed E-state index contributed by atoms with van der Waals surface area (Å²) in [5.41, 5.74) is 2.29. The lowest BCUT2D eigenvalue weighted by Gasteiger charge is -2.34. The predicted octanol–water partition coefficient (Wildman–Crippen LogP) is 3.11. The normalized spacial score (nSPS) is 15.1. The second-order valence-corrected chi connectivity index (χ2v) is 9.24. The molecule has 4 rings (SSSR count). The Morgan fingerprint density at radius 3 is 2.26 bits per heavy atom. The summed E-state index contributed by atoms with van der Waals surface area (Å²) in [6, 6.07) is 14.9. The molecule has 9 heteroatoms. The second kappa shape index (κ2) is 8.60. The van der Waals surface area contributed by atoms with Crippen molar-refractivity contribution >= 4 is 15.8 Å². The number of hydrogen-bond donors (Lipinski definition) is 0. The van der Waals surface area contributed by atoms with E-state index in [4.69, 9.17) is 4.74 Å². The van der Waals surface area contributed by atoms with E-state index in [1.54, 1.807) is 24.3 Å². The molecule has 0 atom stereocenters. The van der Waals surface area contributed by atoms with Crippen LogP contribution in [0.3, 0.4) is 0 Å². The highest BCUT2D eigenvalue weighted by Crippen LogP contribution is 2.29. The van der Waals surface area contributed by atoms with E-state index in [1.165, 1.54) is 23.5 Å². The van der Waals surface area contributed by atoms with Gasteiger partial charge < -0.3 is 9.64 Å². The van der Waals surface area contributed by atoms with Crippen LogP contribution >= 0.6 is 0 Å². The van der Waals surface area contributed by atoms with Gasteiger partial charge in [0.05, 0.1) is 12.8 Å². The molecule has 1 aromatic heterocycles. The molecule has 0 aliphatic carbocycles. The minimum absolute atomic E-state index is 0.187. The van der Waals surface area contributed by atoms with Crippen molar-refractivity contribution in [1.29, 1.82) is 0 Å². The number of anilines is 1. The summed E-state index contributed by atoms with van der Waals surface area (Å²) in [5.74, 6) is 0.718. The Bertz CT molecular complexity index is 1160. The standard InChI is InChI=1S/C22H23FN4O3S/c1-16-3-9-20(30-2)21(15-16)31(28,29)27-13-11-26(12-14-27)22-10-8-19(24-25-22)17-4-6-18(23)7-5-17/h3-10,15H,11-14H2,1-2H3. The van der Waals surface area contributed by atoms with Crippen molar-refractivity contribution in [3.63, 3.8) is 0 Å². The Labute approximate surface area is 181 Å². The van der Waals surface area contributed by atoms with E-state index in [0.717, 1.165) is 11.1 Å². The van der Waals surface area contributed by atoms with Crippen molar-refractivity contribution in [2.75, 3.05) is 38.2 Å². The van der Waals surface area contributed by atoms with Crippen molar-refractivity contribution in [3.05, 3.63) is 66.0 Å². The zero-order valence-corrected chi connectivity index (χ0v) is 18.1. The highest BCUT2D eigenvalue weighted by molar-refractivity contribution is 7.89. The Hall–Kier alpha value is -3.04. The highest BCUT2D eigenvalue weighted by Gasteiger charge is 2.31. The second-order valence-electron chi connectivity index (χ2n) is 7.33. The minimum Gasteiger partial charge on any atom is -0.495 e. The molecule has 31 heavy (non-hydrogen) atoms. The third-order valence-corrected chi connectivity index (χ3v) is 7.21. The number of aryl methyl sites for hydroxylation is 1. The first-order valence-electron chi connectivity index (χ1n) is 9.88. The van der Waals surface area contributed by atoms with Crippen LogP contribution in [-0.4, -0.2) is 56.2 Å². The van der Waals surface area contributed by atoms with E-state index in [2.05, 4.69) is 10.2 Å². The van der Waals surface area contributed by atoms with Crippen molar-refractivity contribution in [3.8, 4) is 17.0 Å².